The highest BCUT2D eigenvalue weighted by Crippen LogP contribution is 2.72. The van der Waals surface area contributed by atoms with Crippen LogP contribution in [0.15, 0.2) is 46.6 Å². The maximum atomic E-state index is 17.7. The molecule has 5 rings (SSSR count). The Kier molecular flexibility index (Phi) is 9.46. The lowest BCUT2D eigenvalue weighted by Crippen LogP contribution is -2.69. The first-order valence-electron chi connectivity index (χ1n) is 15.7. The van der Waals surface area contributed by atoms with Crippen LogP contribution in [0.3, 0.4) is 0 Å². The number of hydrogen-bond acceptors (Lipinski definition) is 9. The predicted octanol–water partition coefficient (Wildman–Crippen LogP) is 5.59. The molecule has 3 saturated carbocycles. The summed E-state index contributed by atoms with van der Waals surface area (Å²) in [5.74, 6) is 1.16. The average molecular weight is 659 g/mol. The third-order valence-corrected chi connectivity index (χ3v) is 11.6. The number of fused-ring (bicyclic) bond motifs is 5. The van der Waals surface area contributed by atoms with Crippen molar-refractivity contribution in [3.05, 3.63) is 48.0 Å². The minimum atomic E-state index is -2.21. The molecule has 4 aliphatic carbocycles. The lowest BCUT2D eigenvalue weighted by molar-refractivity contribution is -0.217. The summed E-state index contributed by atoms with van der Waals surface area (Å²) in [7, 11) is 0. The van der Waals surface area contributed by atoms with Gasteiger partial charge in [0, 0.05) is 29.1 Å². The van der Waals surface area contributed by atoms with Crippen molar-refractivity contribution in [1.82, 2.24) is 0 Å². The van der Waals surface area contributed by atoms with Gasteiger partial charge in [0.1, 0.15) is 0 Å². The van der Waals surface area contributed by atoms with Crippen LogP contribution >= 0.6 is 11.8 Å². The second kappa shape index (κ2) is 12.8. The number of thioether (sulfide) groups is 1. The normalized spacial score (nSPS) is 36.1. The summed E-state index contributed by atoms with van der Waals surface area (Å²) in [6.07, 6.45) is 4.57. The molecule has 1 aromatic heterocycles. The van der Waals surface area contributed by atoms with E-state index >= 15 is 8.78 Å². The number of furan rings is 1. The fraction of sp³-hybridized carbons (Fsp3) is 0.600. The van der Waals surface area contributed by atoms with Crippen molar-refractivity contribution < 1.29 is 47.0 Å². The quantitative estimate of drug-likeness (QED) is 0.281. The van der Waals surface area contributed by atoms with Crippen molar-refractivity contribution in [3.63, 3.8) is 0 Å². The van der Waals surface area contributed by atoms with Gasteiger partial charge < -0.3 is 19.0 Å². The van der Waals surface area contributed by atoms with Crippen LogP contribution in [-0.2, 0) is 23.9 Å². The molecule has 0 aliphatic heterocycles. The van der Waals surface area contributed by atoms with Crippen LogP contribution in [0.2, 0.25) is 0 Å². The van der Waals surface area contributed by atoms with Gasteiger partial charge >= 0.3 is 11.9 Å². The minimum absolute atomic E-state index is 0.0447. The lowest BCUT2D eigenvalue weighted by atomic mass is 9.45. The number of hydrogen-bond donors (Lipinski definition) is 1. The van der Waals surface area contributed by atoms with Crippen LogP contribution in [0.4, 0.5) is 8.78 Å². The van der Waals surface area contributed by atoms with Crippen molar-refractivity contribution >= 4 is 34.6 Å². The molecule has 0 spiro atoms. The first-order chi connectivity index (χ1) is 21.7. The predicted molar refractivity (Wildman–Crippen MR) is 166 cm³/mol. The first-order valence-corrected chi connectivity index (χ1v) is 16.7. The third kappa shape index (κ3) is 5.35. The molecule has 0 amide bonds. The van der Waals surface area contributed by atoms with E-state index in [1.54, 1.807) is 13.8 Å². The molecule has 0 bridgehead atoms. The van der Waals surface area contributed by atoms with E-state index in [0.717, 1.165) is 11.8 Å². The summed E-state index contributed by atoms with van der Waals surface area (Å²) in [6.45, 7) is 5.94. The maximum Gasteiger partial charge on any atom is 0.375 e. The van der Waals surface area contributed by atoms with E-state index in [1.165, 1.54) is 36.6 Å². The van der Waals surface area contributed by atoms with Gasteiger partial charge in [0.15, 0.2) is 23.7 Å². The first kappa shape index (κ1) is 34.1. The Morgan fingerprint density at radius 3 is 2.65 bits per heavy atom. The number of esters is 2. The number of aliphatic hydroxyl groups is 1. The van der Waals surface area contributed by atoms with Gasteiger partial charge in [-0.3, -0.25) is 18.8 Å². The Bertz CT molecular complexity index is 1510. The van der Waals surface area contributed by atoms with E-state index in [9.17, 15) is 24.3 Å². The Morgan fingerprint density at radius 2 is 1.98 bits per heavy atom. The fourth-order valence-corrected chi connectivity index (χ4v) is 9.55. The molecule has 0 saturated heterocycles. The summed E-state index contributed by atoms with van der Waals surface area (Å²) < 4.78 is 49.2. The lowest BCUT2D eigenvalue weighted by Gasteiger charge is -2.62. The smallest absolute Gasteiger partial charge is 0.375 e. The average Bonchev–Trinajstić information content (AvgIpc) is 3.62. The summed E-state index contributed by atoms with van der Waals surface area (Å²) in [5.41, 5.74) is -6.34. The molecule has 1 aromatic rings. The molecule has 3 fully saturated rings. The Labute approximate surface area is 271 Å². The summed E-state index contributed by atoms with van der Waals surface area (Å²) in [5, 5.41) is 11.1. The van der Waals surface area contributed by atoms with Crippen LogP contribution in [0, 0.1) is 46.3 Å². The van der Waals surface area contributed by atoms with E-state index in [2.05, 4.69) is 11.8 Å². The number of rotatable bonds is 8. The molecule has 8 atom stereocenters. The number of aliphatic hydroxyl groups excluding tert-OH is 1. The van der Waals surface area contributed by atoms with Crippen molar-refractivity contribution in [2.45, 2.75) is 77.2 Å². The molecule has 248 valence electrons. The second-order valence-corrected chi connectivity index (χ2v) is 14.6. The van der Waals surface area contributed by atoms with Gasteiger partial charge in [-0.1, -0.05) is 56.0 Å². The van der Waals surface area contributed by atoms with Gasteiger partial charge in [0.25, 0.3) is 0 Å². The number of alkyl halides is 2. The zero-order chi connectivity index (χ0) is 33.5. The summed E-state index contributed by atoms with van der Waals surface area (Å²) in [4.78, 5) is 51.8. The Morgan fingerprint density at radius 1 is 1.22 bits per heavy atom. The third-order valence-electron chi connectivity index (χ3n) is 10.7. The van der Waals surface area contributed by atoms with Gasteiger partial charge in [-0.05, 0) is 68.7 Å². The summed E-state index contributed by atoms with van der Waals surface area (Å²) >= 11 is 0.741. The van der Waals surface area contributed by atoms with Crippen LogP contribution in [0.25, 0.3) is 0 Å². The second-order valence-electron chi connectivity index (χ2n) is 13.6. The molecule has 0 aromatic carbocycles. The SMILES string of the molecule is CC(C)CC(=O)OCC#CCSC(=O)[C@@]1(OC(=O)c2ccco2)[C@H](CF)C[C@H]2[C@@H]3CCC4=CC(=O)C=C[C@]4(C)[C@@]3(F)[C@@H](O)C[C@@]21C. The zero-order valence-corrected chi connectivity index (χ0v) is 27.3. The number of allylic oxidation sites excluding steroid dienone is 4. The van der Waals surface area contributed by atoms with Crippen molar-refractivity contribution in [2.75, 3.05) is 19.0 Å². The highest BCUT2D eigenvalue weighted by molar-refractivity contribution is 8.14. The number of carbonyl (C=O) groups is 4. The Hall–Kier alpha value is -3.23. The van der Waals surface area contributed by atoms with E-state index in [-0.39, 0.29) is 61.5 Å². The van der Waals surface area contributed by atoms with Gasteiger partial charge in [-0.15, -0.1) is 0 Å². The van der Waals surface area contributed by atoms with Crippen LogP contribution in [0.1, 0.15) is 70.4 Å². The molecule has 0 radical (unpaired) electrons. The molecule has 4 aliphatic rings. The van der Waals surface area contributed by atoms with Gasteiger partial charge in [-0.25, -0.2) is 9.18 Å². The van der Waals surface area contributed by atoms with Crippen molar-refractivity contribution in [2.24, 2.45) is 34.5 Å². The number of halogens is 2. The Balaban J connectivity index is 1.48. The standard InChI is InChI=1S/C35H40F2O8S/c1-21(2)16-29(40)44-13-5-6-15-46-31(42)35(45-30(41)27-8-7-14-43-27)23(20-36)18-26-25-10-9-22-17-24(38)11-12-32(22,3)34(25,37)28(39)19-33(26,35)4/h7-8,11-12,14,17,21,23,25-26,28,39H,9-10,13,15-16,18-20H2,1-4H3/t23-,25-,26-,28-,32-,33-,34-,35-/m0/s1. The number of ketones is 1. The van der Waals surface area contributed by atoms with Crippen molar-refractivity contribution in [3.8, 4) is 11.8 Å². The van der Waals surface area contributed by atoms with Crippen LogP contribution < -0.4 is 0 Å². The van der Waals surface area contributed by atoms with Crippen LogP contribution in [0.5, 0.6) is 0 Å². The van der Waals surface area contributed by atoms with E-state index in [0.29, 0.717) is 12.0 Å². The van der Waals surface area contributed by atoms with Gasteiger partial charge in [0.2, 0.25) is 10.9 Å². The zero-order valence-electron chi connectivity index (χ0n) is 26.5. The fourth-order valence-electron chi connectivity index (χ4n) is 8.58. The molecule has 1 N–H and O–H groups in total. The molecule has 46 heavy (non-hydrogen) atoms. The van der Waals surface area contributed by atoms with Crippen molar-refractivity contribution in [1.29, 1.82) is 0 Å². The number of ether oxygens (including phenoxy) is 2. The van der Waals surface area contributed by atoms with Gasteiger partial charge in [0.05, 0.1) is 24.8 Å². The highest BCUT2D eigenvalue weighted by atomic mass is 32.2. The van der Waals surface area contributed by atoms with E-state index in [1.807, 2.05) is 13.8 Å². The van der Waals surface area contributed by atoms with Gasteiger partial charge in [-0.2, -0.15) is 0 Å². The highest BCUT2D eigenvalue weighted by Gasteiger charge is 2.78. The molecule has 8 nitrogen and oxygen atoms in total. The van der Waals surface area contributed by atoms with E-state index in [4.69, 9.17) is 13.9 Å². The number of carbonyl (C=O) groups excluding carboxylic acids is 4. The van der Waals surface area contributed by atoms with Crippen LogP contribution in [-0.4, -0.2) is 64.4 Å². The topological polar surface area (TPSA) is 120 Å². The minimum Gasteiger partial charge on any atom is -0.457 e. The largest absolute Gasteiger partial charge is 0.457 e. The maximum absolute atomic E-state index is 17.7. The molecule has 1 heterocycles. The molecular weight excluding hydrogens is 618 g/mol. The molecule has 11 heteroatoms. The molecular formula is C35H40F2O8S. The van der Waals surface area contributed by atoms with E-state index < -0.39 is 63.7 Å². The molecule has 0 unspecified atom stereocenters. The monoisotopic (exact) mass is 658 g/mol. The summed E-state index contributed by atoms with van der Waals surface area (Å²) in [6, 6.07) is 2.85.